The average Bonchev–Trinajstić information content (AvgIpc) is 2.72. The number of aryl methyl sites for hydroxylation is 1. The van der Waals surface area contributed by atoms with E-state index in [9.17, 15) is 14.0 Å². The van der Waals surface area contributed by atoms with Gasteiger partial charge in [0.2, 0.25) is 5.91 Å². The lowest BCUT2D eigenvalue weighted by Gasteiger charge is -2.46. The number of anilines is 1. The van der Waals surface area contributed by atoms with E-state index in [1.807, 2.05) is 6.92 Å². The van der Waals surface area contributed by atoms with Gasteiger partial charge in [-0.2, -0.15) is 0 Å². The molecule has 1 aromatic carbocycles. The number of hydrogen-bond donors (Lipinski definition) is 0. The second-order valence-electron chi connectivity index (χ2n) is 7.65. The van der Waals surface area contributed by atoms with Crippen LogP contribution in [-0.4, -0.2) is 46.3 Å². The van der Waals surface area contributed by atoms with E-state index in [0.717, 1.165) is 24.2 Å². The highest BCUT2D eigenvalue weighted by atomic mass is 19.1. The number of nitrogens with zero attached hydrogens (tertiary/aromatic N) is 4. The number of amides is 2. The molecule has 0 bridgehead atoms. The number of rotatable bonds is 2. The largest absolute Gasteiger partial charge is 0.337 e. The molecule has 2 aliphatic heterocycles. The number of hydrogen-bond acceptors (Lipinski definition) is 4. The molecule has 6 nitrogen and oxygen atoms in total. The van der Waals surface area contributed by atoms with Crippen LogP contribution in [0.2, 0.25) is 0 Å². The van der Waals surface area contributed by atoms with E-state index in [1.165, 1.54) is 18.3 Å². The predicted octanol–water partition coefficient (Wildman–Crippen LogP) is 2.97. The van der Waals surface area contributed by atoms with Crippen molar-refractivity contribution >= 4 is 17.5 Å². The van der Waals surface area contributed by atoms with E-state index in [2.05, 4.69) is 9.97 Å². The Kier molecular flexibility index (Phi) is 4.83. The van der Waals surface area contributed by atoms with Gasteiger partial charge in [-0.25, -0.2) is 9.37 Å². The summed E-state index contributed by atoms with van der Waals surface area (Å²) in [5.41, 5.74) is 1.40. The minimum atomic E-state index is -0.442. The normalized spacial score (nSPS) is 19.1. The Morgan fingerprint density at radius 3 is 2.39 bits per heavy atom. The van der Waals surface area contributed by atoms with Crippen molar-refractivity contribution in [2.75, 3.05) is 24.5 Å². The molecule has 3 heterocycles. The van der Waals surface area contributed by atoms with Crippen molar-refractivity contribution in [2.24, 2.45) is 5.41 Å². The van der Waals surface area contributed by atoms with Crippen molar-refractivity contribution < 1.29 is 14.0 Å². The first-order valence-corrected chi connectivity index (χ1v) is 9.64. The first-order valence-electron chi connectivity index (χ1n) is 9.64. The van der Waals surface area contributed by atoms with Crippen LogP contribution in [-0.2, 0) is 4.79 Å². The molecule has 28 heavy (non-hydrogen) atoms. The summed E-state index contributed by atoms with van der Waals surface area (Å²) in [6.45, 7) is 3.52. The molecule has 0 N–H and O–H groups in total. The highest BCUT2D eigenvalue weighted by Gasteiger charge is 2.46. The van der Waals surface area contributed by atoms with Gasteiger partial charge < -0.3 is 9.80 Å². The van der Waals surface area contributed by atoms with Crippen LogP contribution in [0.4, 0.5) is 10.1 Å². The molecule has 7 heteroatoms. The van der Waals surface area contributed by atoms with Crippen molar-refractivity contribution in [1.29, 1.82) is 0 Å². The van der Waals surface area contributed by atoms with Crippen LogP contribution in [0, 0.1) is 18.2 Å². The number of likely N-dealkylation sites (tertiary alicyclic amines) is 1. The van der Waals surface area contributed by atoms with E-state index >= 15 is 0 Å². The molecule has 0 unspecified atom stereocenters. The van der Waals surface area contributed by atoms with Crippen LogP contribution in [0.5, 0.6) is 0 Å². The van der Waals surface area contributed by atoms with E-state index in [-0.39, 0.29) is 17.6 Å². The Morgan fingerprint density at radius 1 is 1.04 bits per heavy atom. The predicted molar refractivity (Wildman–Crippen MR) is 102 cm³/mol. The third kappa shape index (κ3) is 3.37. The molecule has 0 aliphatic carbocycles. The molecule has 1 spiro atoms. The zero-order chi connectivity index (χ0) is 19.7. The molecule has 2 amide bonds. The highest BCUT2D eigenvalue weighted by Crippen LogP contribution is 2.42. The third-order valence-electron chi connectivity index (χ3n) is 5.88. The van der Waals surface area contributed by atoms with Gasteiger partial charge in [-0.05, 0) is 56.9 Å². The molecule has 2 aliphatic rings. The van der Waals surface area contributed by atoms with Gasteiger partial charge >= 0.3 is 0 Å². The summed E-state index contributed by atoms with van der Waals surface area (Å²) in [5, 5.41) is 0. The van der Waals surface area contributed by atoms with E-state index in [0.29, 0.717) is 38.2 Å². The third-order valence-corrected chi connectivity index (χ3v) is 5.88. The van der Waals surface area contributed by atoms with Crippen LogP contribution in [0.25, 0.3) is 0 Å². The topological polar surface area (TPSA) is 66.4 Å². The fourth-order valence-electron chi connectivity index (χ4n) is 4.20. The smallest absolute Gasteiger partial charge is 0.274 e. The Bertz CT molecular complexity index is 874. The highest BCUT2D eigenvalue weighted by molar-refractivity contribution is 5.99. The maximum absolute atomic E-state index is 13.3. The summed E-state index contributed by atoms with van der Waals surface area (Å²) in [4.78, 5) is 37.8. The number of piperidine rings is 2. The maximum Gasteiger partial charge on any atom is 0.274 e. The van der Waals surface area contributed by atoms with Crippen LogP contribution in [0.15, 0.2) is 36.7 Å². The first kappa shape index (κ1) is 18.5. The number of aromatic nitrogens is 2. The Balaban J connectivity index is 1.46. The molecule has 0 saturated carbocycles. The number of carbonyl (C=O) groups excluding carboxylic acids is 2. The number of halogens is 1. The van der Waals surface area contributed by atoms with Crippen LogP contribution in [0.1, 0.15) is 41.9 Å². The summed E-state index contributed by atoms with van der Waals surface area (Å²) in [5.74, 6) is -0.359. The molecular formula is C21H23FN4O2. The van der Waals surface area contributed by atoms with E-state index in [1.54, 1.807) is 28.1 Å². The quantitative estimate of drug-likeness (QED) is 0.801. The zero-order valence-electron chi connectivity index (χ0n) is 15.9. The van der Waals surface area contributed by atoms with Crippen molar-refractivity contribution in [1.82, 2.24) is 14.9 Å². The lowest BCUT2D eigenvalue weighted by Crippen LogP contribution is -2.54. The average molecular weight is 382 g/mol. The van der Waals surface area contributed by atoms with Gasteiger partial charge in [0.25, 0.3) is 5.91 Å². The van der Waals surface area contributed by atoms with Gasteiger partial charge in [-0.1, -0.05) is 0 Å². The SMILES string of the molecule is Cc1cnc(C(=O)N2CCC3(CCCN(c4ccc(F)cc4)C3=O)CC2)cn1. The number of benzene rings is 1. The van der Waals surface area contributed by atoms with Gasteiger partial charge in [0.1, 0.15) is 11.5 Å². The Hall–Kier alpha value is -2.83. The summed E-state index contributed by atoms with van der Waals surface area (Å²) < 4.78 is 13.2. The Labute approximate surface area is 163 Å². The minimum Gasteiger partial charge on any atom is -0.337 e. The summed E-state index contributed by atoms with van der Waals surface area (Å²) in [6.07, 6.45) is 6.09. The van der Waals surface area contributed by atoms with Crippen molar-refractivity contribution in [2.45, 2.75) is 32.6 Å². The monoisotopic (exact) mass is 382 g/mol. The van der Waals surface area contributed by atoms with Crippen LogP contribution >= 0.6 is 0 Å². The van der Waals surface area contributed by atoms with Crippen molar-refractivity contribution in [3.8, 4) is 0 Å². The molecule has 4 rings (SSSR count). The van der Waals surface area contributed by atoms with E-state index in [4.69, 9.17) is 0 Å². The molecule has 146 valence electrons. The van der Waals surface area contributed by atoms with Gasteiger partial charge in [0.05, 0.1) is 17.3 Å². The molecule has 1 aromatic heterocycles. The second kappa shape index (κ2) is 7.30. The molecule has 0 radical (unpaired) electrons. The lowest BCUT2D eigenvalue weighted by molar-refractivity contribution is -0.133. The van der Waals surface area contributed by atoms with Gasteiger partial charge in [0, 0.05) is 31.5 Å². The Morgan fingerprint density at radius 2 is 1.75 bits per heavy atom. The van der Waals surface area contributed by atoms with E-state index < -0.39 is 5.41 Å². The van der Waals surface area contributed by atoms with Crippen molar-refractivity contribution in [3.63, 3.8) is 0 Å². The van der Waals surface area contributed by atoms with Gasteiger partial charge in [-0.3, -0.25) is 14.6 Å². The summed E-state index contributed by atoms with van der Waals surface area (Å²) in [7, 11) is 0. The molecular weight excluding hydrogens is 359 g/mol. The number of carbonyl (C=O) groups is 2. The molecule has 2 fully saturated rings. The van der Waals surface area contributed by atoms with Gasteiger partial charge in [0.15, 0.2) is 0 Å². The summed E-state index contributed by atoms with van der Waals surface area (Å²) in [6, 6.07) is 6.07. The van der Waals surface area contributed by atoms with Crippen molar-refractivity contribution in [3.05, 3.63) is 53.9 Å². The fourth-order valence-corrected chi connectivity index (χ4v) is 4.20. The van der Waals surface area contributed by atoms with Crippen LogP contribution < -0.4 is 4.90 Å². The fraction of sp³-hybridized carbons (Fsp3) is 0.429. The van der Waals surface area contributed by atoms with Crippen LogP contribution in [0.3, 0.4) is 0 Å². The lowest BCUT2D eigenvalue weighted by atomic mass is 9.71. The second-order valence-corrected chi connectivity index (χ2v) is 7.65. The maximum atomic E-state index is 13.3. The first-order chi connectivity index (χ1) is 13.5. The molecule has 0 atom stereocenters. The zero-order valence-corrected chi connectivity index (χ0v) is 15.9. The standard InChI is InChI=1S/C21H23FN4O2/c1-15-13-24-18(14-23-15)19(27)25-11-8-21(9-12-25)7-2-10-26(20(21)28)17-5-3-16(22)4-6-17/h3-6,13-14H,2,7-12H2,1H3. The molecule has 2 saturated heterocycles. The van der Waals surface area contributed by atoms with Gasteiger partial charge in [-0.15, -0.1) is 0 Å². The molecule has 2 aromatic rings. The summed E-state index contributed by atoms with van der Waals surface area (Å²) >= 11 is 0. The minimum absolute atomic E-state index is 0.0904.